The number of benzene rings is 2. The molecule has 0 fully saturated rings. The van der Waals surface area contributed by atoms with E-state index < -0.39 is 0 Å². The Morgan fingerprint density at radius 3 is 2.52 bits per heavy atom. The highest BCUT2D eigenvalue weighted by molar-refractivity contribution is 5.42. The van der Waals surface area contributed by atoms with Crippen LogP contribution in [0.1, 0.15) is 23.6 Å². The van der Waals surface area contributed by atoms with E-state index in [1.54, 1.807) is 6.07 Å². The summed E-state index contributed by atoms with van der Waals surface area (Å²) in [4.78, 5) is 0. The molecule has 0 amide bonds. The van der Waals surface area contributed by atoms with Gasteiger partial charge < -0.3 is 15.2 Å². The first-order valence-electron chi connectivity index (χ1n) is 7.51. The van der Waals surface area contributed by atoms with Gasteiger partial charge in [-0.1, -0.05) is 30.3 Å². The molecule has 0 aliphatic heterocycles. The second-order valence-corrected chi connectivity index (χ2v) is 5.49. The third-order valence-electron chi connectivity index (χ3n) is 3.97. The third-order valence-corrected chi connectivity index (χ3v) is 3.97. The Labute approximate surface area is 125 Å². The highest BCUT2D eigenvalue weighted by Gasteiger charge is 2.20. The average Bonchev–Trinajstić information content (AvgIpc) is 2.91. The van der Waals surface area contributed by atoms with Gasteiger partial charge in [0.25, 0.3) is 0 Å². The third kappa shape index (κ3) is 3.19. The molecule has 110 valence electrons. The number of ether oxygens (including phenoxy) is 1. The van der Waals surface area contributed by atoms with Gasteiger partial charge in [0, 0.05) is 12.6 Å². The highest BCUT2D eigenvalue weighted by Crippen LogP contribution is 2.27. The van der Waals surface area contributed by atoms with E-state index in [0.29, 0.717) is 18.4 Å². The van der Waals surface area contributed by atoms with Crippen LogP contribution >= 0.6 is 0 Å². The summed E-state index contributed by atoms with van der Waals surface area (Å²) >= 11 is 0. The van der Waals surface area contributed by atoms with Crippen LogP contribution in [0.2, 0.25) is 0 Å². The van der Waals surface area contributed by atoms with E-state index >= 15 is 0 Å². The first-order valence-corrected chi connectivity index (χ1v) is 7.51. The minimum absolute atomic E-state index is 0.203. The standard InChI is InChI=1S/C18H21NO2/c1-2-21-18-9-13(7-8-17(18)20)12-19-16-10-14-5-3-4-6-15(14)11-16/h3-9,16,19-20H,2,10-12H2,1H3. The van der Waals surface area contributed by atoms with E-state index in [2.05, 4.69) is 29.6 Å². The zero-order valence-electron chi connectivity index (χ0n) is 12.3. The molecule has 0 spiro atoms. The molecular formula is C18H21NO2. The maximum Gasteiger partial charge on any atom is 0.161 e. The largest absolute Gasteiger partial charge is 0.504 e. The van der Waals surface area contributed by atoms with Crippen molar-refractivity contribution in [1.82, 2.24) is 5.32 Å². The van der Waals surface area contributed by atoms with Crippen LogP contribution in [-0.4, -0.2) is 17.8 Å². The van der Waals surface area contributed by atoms with Gasteiger partial charge >= 0.3 is 0 Å². The smallest absolute Gasteiger partial charge is 0.161 e. The summed E-state index contributed by atoms with van der Waals surface area (Å²) in [6.45, 7) is 3.27. The Bertz CT molecular complexity index is 599. The molecule has 2 N–H and O–H groups in total. The topological polar surface area (TPSA) is 41.5 Å². The second-order valence-electron chi connectivity index (χ2n) is 5.49. The van der Waals surface area contributed by atoms with Crippen LogP contribution in [0.4, 0.5) is 0 Å². The minimum Gasteiger partial charge on any atom is -0.504 e. The van der Waals surface area contributed by atoms with Crippen molar-refractivity contribution in [3.05, 3.63) is 59.2 Å². The van der Waals surface area contributed by atoms with E-state index in [4.69, 9.17) is 4.74 Å². The van der Waals surface area contributed by atoms with E-state index in [0.717, 1.165) is 24.9 Å². The molecule has 3 heteroatoms. The van der Waals surface area contributed by atoms with Crippen molar-refractivity contribution in [2.75, 3.05) is 6.61 Å². The molecule has 0 radical (unpaired) electrons. The monoisotopic (exact) mass is 283 g/mol. The van der Waals surface area contributed by atoms with Crippen LogP contribution < -0.4 is 10.1 Å². The Hall–Kier alpha value is -2.00. The van der Waals surface area contributed by atoms with E-state index in [-0.39, 0.29) is 5.75 Å². The lowest BCUT2D eigenvalue weighted by Crippen LogP contribution is -2.28. The molecule has 1 aliphatic rings. The van der Waals surface area contributed by atoms with Gasteiger partial charge in [-0.25, -0.2) is 0 Å². The summed E-state index contributed by atoms with van der Waals surface area (Å²) in [5, 5.41) is 13.3. The van der Waals surface area contributed by atoms with Crippen LogP contribution in [0.15, 0.2) is 42.5 Å². The van der Waals surface area contributed by atoms with Gasteiger partial charge in [0.2, 0.25) is 0 Å². The predicted molar refractivity (Wildman–Crippen MR) is 83.8 cm³/mol. The molecule has 0 atom stereocenters. The zero-order chi connectivity index (χ0) is 14.7. The lowest BCUT2D eigenvalue weighted by atomic mass is 10.1. The summed E-state index contributed by atoms with van der Waals surface area (Å²) in [7, 11) is 0. The van der Waals surface area contributed by atoms with Crippen molar-refractivity contribution >= 4 is 0 Å². The van der Waals surface area contributed by atoms with Gasteiger partial charge in [0.05, 0.1) is 6.61 Å². The number of hydrogen-bond acceptors (Lipinski definition) is 3. The molecule has 0 unspecified atom stereocenters. The van der Waals surface area contributed by atoms with Gasteiger partial charge in [-0.2, -0.15) is 0 Å². The Morgan fingerprint density at radius 2 is 1.86 bits per heavy atom. The second kappa shape index (κ2) is 6.19. The molecule has 2 aromatic carbocycles. The fourth-order valence-electron chi connectivity index (χ4n) is 2.90. The molecule has 0 heterocycles. The first-order chi connectivity index (χ1) is 10.3. The van der Waals surface area contributed by atoms with Crippen molar-refractivity contribution in [2.45, 2.75) is 32.4 Å². The number of hydrogen-bond donors (Lipinski definition) is 2. The number of phenolic OH excluding ortho intramolecular Hbond substituents is 1. The van der Waals surface area contributed by atoms with Crippen LogP contribution in [0.25, 0.3) is 0 Å². The number of fused-ring (bicyclic) bond motifs is 1. The molecule has 2 aromatic rings. The average molecular weight is 283 g/mol. The van der Waals surface area contributed by atoms with Crippen molar-refractivity contribution in [2.24, 2.45) is 0 Å². The van der Waals surface area contributed by atoms with Crippen LogP contribution in [0.5, 0.6) is 11.5 Å². The normalized spacial score (nSPS) is 14.1. The number of nitrogens with one attached hydrogen (secondary N) is 1. The quantitative estimate of drug-likeness (QED) is 0.886. The van der Waals surface area contributed by atoms with Crippen molar-refractivity contribution in [1.29, 1.82) is 0 Å². The maximum absolute atomic E-state index is 9.72. The predicted octanol–water partition coefficient (Wildman–Crippen LogP) is 3.05. The molecule has 0 aromatic heterocycles. The molecule has 3 rings (SSSR count). The number of rotatable bonds is 5. The maximum atomic E-state index is 9.72. The van der Waals surface area contributed by atoms with Crippen LogP contribution in [0.3, 0.4) is 0 Å². The summed E-state index contributed by atoms with van der Waals surface area (Å²) in [6.07, 6.45) is 2.18. The van der Waals surface area contributed by atoms with Crippen molar-refractivity contribution in [3.8, 4) is 11.5 Å². The van der Waals surface area contributed by atoms with Crippen LogP contribution in [-0.2, 0) is 19.4 Å². The Balaban J connectivity index is 1.60. The summed E-state index contributed by atoms with van der Waals surface area (Å²) in [5.41, 5.74) is 4.04. The van der Waals surface area contributed by atoms with Gasteiger partial charge in [0.1, 0.15) is 0 Å². The SMILES string of the molecule is CCOc1cc(CNC2Cc3ccccc3C2)ccc1O. The molecule has 0 saturated heterocycles. The molecule has 1 aliphatic carbocycles. The number of aromatic hydroxyl groups is 1. The lowest BCUT2D eigenvalue weighted by Gasteiger charge is -2.13. The van der Waals surface area contributed by atoms with Crippen LogP contribution in [0, 0.1) is 0 Å². The number of phenols is 1. The highest BCUT2D eigenvalue weighted by atomic mass is 16.5. The Kier molecular flexibility index (Phi) is 4.11. The van der Waals surface area contributed by atoms with E-state index in [1.165, 1.54) is 11.1 Å². The molecule has 3 nitrogen and oxygen atoms in total. The molecule has 0 bridgehead atoms. The first kappa shape index (κ1) is 14.0. The molecule has 21 heavy (non-hydrogen) atoms. The lowest BCUT2D eigenvalue weighted by molar-refractivity contribution is 0.317. The Morgan fingerprint density at radius 1 is 1.14 bits per heavy atom. The minimum atomic E-state index is 0.203. The van der Waals surface area contributed by atoms with Gasteiger partial charge in [0.15, 0.2) is 11.5 Å². The molecular weight excluding hydrogens is 262 g/mol. The zero-order valence-corrected chi connectivity index (χ0v) is 12.3. The summed E-state index contributed by atoms with van der Waals surface area (Å²) < 4.78 is 5.42. The fraction of sp³-hybridized carbons (Fsp3) is 0.333. The van der Waals surface area contributed by atoms with E-state index in [1.807, 2.05) is 19.1 Å². The van der Waals surface area contributed by atoms with Gasteiger partial charge in [-0.05, 0) is 48.6 Å². The summed E-state index contributed by atoms with van der Waals surface area (Å²) in [6, 6.07) is 14.7. The summed E-state index contributed by atoms with van der Waals surface area (Å²) in [5.74, 6) is 0.764. The van der Waals surface area contributed by atoms with Crippen molar-refractivity contribution < 1.29 is 9.84 Å². The van der Waals surface area contributed by atoms with E-state index in [9.17, 15) is 5.11 Å². The molecule has 0 saturated carbocycles. The van der Waals surface area contributed by atoms with Gasteiger partial charge in [-0.15, -0.1) is 0 Å². The van der Waals surface area contributed by atoms with Crippen molar-refractivity contribution in [3.63, 3.8) is 0 Å². The fourth-order valence-corrected chi connectivity index (χ4v) is 2.90. The van der Waals surface area contributed by atoms with Gasteiger partial charge in [-0.3, -0.25) is 0 Å².